The Labute approximate surface area is 120 Å². The number of aromatic nitrogens is 1. The highest BCUT2D eigenvalue weighted by atomic mass is 15.3. The molecule has 2 saturated heterocycles. The van der Waals surface area contributed by atoms with Gasteiger partial charge < -0.3 is 10.6 Å². The van der Waals surface area contributed by atoms with E-state index in [1.165, 1.54) is 25.8 Å². The van der Waals surface area contributed by atoms with Crippen LogP contribution in [0.4, 0.5) is 5.82 Å². The van der Waals surface area contributed by atoms with Gasteiger partial charge >= 0.3 is 0 Å². The van der Waals surface area contributed by atoms with Crippen molar-refractivity contribution in [3.05, 3.63) is 23.9 Å². The molecule has 5 nitrogen and oxygen atoms in total. The highest BCUT2D eigenvalue weighted by Crippen LogP contribution is 2.28. The first kappa shape index (κ1) is 13.4. The van der Waals surface area contributed by atoms with E-state index in [9.17, 15) is 0 Å². The number of rotatable bonds is 2. The molecule has 0 aliphatic carbocycles. The third-order valence-electron chi connectivity index (χ3n) is 4.54. The molecule has 0 amide bonds. The van der Waals surface area contributed by atoms with Crippen molar-refractivity contribution in [1.82, 2.24) is 9.88 Å². The fourth-order valence-corrected chi connectivity index (χ4v) is 3.48. The van der Waals surface area contributed by atoms with Crippen LogP contribution in [-0.2, 0) is 0 Å². The number of nitrogens with two attached hydrogens (primary N) is 1. The number of piperidine rings is 1. The van der Waals surface area contributed by atoms with Crippen LogP contribution in [0.1, 0.15) is 31.7 Å². The molecular formula is C15H23N5. The minimum absolute atomic E-state index is 0.103. The Morgan fingerprint density at radius 3 is 3.05 bits per heavy atom. The smallest absolute Gasteiger partial charge is 0.139 e. The van der Waals surface area contributed by atoms with E-state index in [1.807, 2.05) is 12.1 Å². The number of amidine groups is 1. The SMILES string of the molecule is CC1CN2CCCCC2CN1c1ncccc1C(=N)N. The summed E-state index contributed by atoms with van der Waals surface area (Å²) in [6.07, 6.45) is 5.71. The standard InChI is InChI=1S/C15H23N5/c1-11-9-19-8-3-2-5-12(19)10-20(11)15-13(14(16)17)6-4-7-18-15/h4,6-7,11-12H,2-3,5,8-10H2,1H3,(H3,16,17). The van der Waals surface area contributed by atoms with Gasteiger partial charge in [-0.1, -0.05) is 6.42 Å². The summed E-state index contributed by atoms with van der Waals surface area (Å²) in [5.41, 5.74) is 6.46. The van der Waals surface area contributed by atoms with Crippen molar-refractivity contribution in [2.24, 2.45) is 5.73 Å². The Morgan fingerprint density at radius 1 is 1.40 bits per heavy atom. The molecule has 0 radical (unpaired) electrons. The summed E-state index contributed by atoms with van der Waals surface area (Å²) in [7, 11) is 0. The second-order valence-corrected chi connectivity index (χ2v) is 5.93. The summed E-state index contributed by atoms with van der Waals surface area (Å²) in [4.78, 5) is 9.45. The number of anilines is 1. The molecule has 2 unspecified atom stereocenters. The van der Waals surface area contributed by atoms with Crippen LogP contribution in [0.25, 0.3) is 0 Å². The number of nitrogens with zero attached hydrogens (tertiary/aromatic N) is 3. The summed E-state index contributed by atoms with van der Waals surface area (Å²) >= 11 is 0. The van der Waals surface area contributed by atoms with Crippen molar-refractivity contribution in [2.75, 3.05) is 24.5 Å². The van der Waals surface area contributed by atoms with Crippen molar-refractivity contribution >= 4 is 11.7 Å². The average Bonchev–Trinajstić information content (AvgIpc) is 2.46. The number of hydrogen-bond acceptors (Lipinski definition) is 4. The molecule has 0 saturated carbocycles. The zero-order chi connectivity index (χ0) is 14.1. The number of nitrogens with one attached hydrogen (secondary N) is 1. The van der Waals surface area contributed by atoms with E-state index in [0.717, 1.165) is 24.5 Å². The monoisotopic (exact) mass is 273 g/mol. The number of nitrogen functional groups attached to an aromatic ring is 1. The Kier molecular flexibility index (Phi) is 3.61. The predicted molar refractivity (Wildman–Crippen MR) is 81.3 cm³/mol. The minimum Gasteiger partial charge on any atom is -0.384 e. The third-order valence-corrected chi connectivity index (χ3v) is 4.54. The normalized spacial score (nSPS) is 27.1. The summed E-state index contributed by atoms with van der Waals surface area (Å²) in [5.74, 6) is 0.976. The maximum atomic E-state index is 7.74. The van der Waals surface area contributed by atoms with Crippen LogP contribution in [0.5, 0.6) is 0 Å². The molecule has 3 rings (SSSR count). The molecule has 1 aromatic rings. The van der Waals surface area contributed by atoms with Crippen LogP contribution in [-0.4, -0.2) is 47.4 Å². The molecule has 2 fully saturated rings. The summed E-state index contributed by atoms with van der Waals surface area (Å²) in [5, 5.41) is 7.74. The highest BCUT2D eigenvalue weighted by Gasteiger charge is 2.34. The van der Waals surface area contributed by atoms with Gasteiger partial charge in [0.15, 0.2) is 0 Å². The lowest BCUT2D eigenvalue weighted by Crippen LogP contribution is -2.59. The van der Waals surface area contributed by atoms with Crippen LogP contribution in [0, 0.1) is 5.41 Å². The van der Waals surface area contributed by atoms with Gasteiger partial charge in [-0.15, -0.1) is 0 Å². The maximum Gasteiger partial charge on any atom is 0.139 e. The van der Waals surface area contributed by atoms with Crippen molar-refractivity contribution in [1.29, 1.82) is 5.41 Å². The summed E-state index contributed by atoms with van der Waals surface area (Å²) in [6.45, 7) is 5.55. The molecule has 108 valence electrons. The Hall–Kier alpha value is -1.62. The Morgan fingerprint density at radius 2 is 2.25 bits per heavy atom. The lowest BCUT2D eigenvalue weighted by molar-refractivity contribution is 0.115. The first-order valence-electron chi connectivity index (χ1n) is 7.47. The van der Waals surface area contributed by atoms with E-state index in [2.05, 4.69) is 21.7 Å². The quantitative estimate of drug-likeness (QED) is 0.632. The van der Waals surface area contributed by atoms with Gasteiger partial charge in [0.05, 0.1) is 5.56 Å². The molecule has 1 aromatic heterocycles. The van der Waals surface area contributed by atoms with Crippen LogP contribution in [0.15, 0.2) is 18.3 Å². The molecule has 20 heavy (non-hydrogen) atoms. The summed E-state index contributed by atoms with van der Waals surface area (Å²) in [6, 6.07) is 4.78. The minimum atomic E-state index is 0.103. The van der Waals surface area contributed by atoms with E-state index in [1.54, 1.807) is 6.20 Å². The molecule has 0 aromatic carbocycles. The second-order valence-electron chi connectivity index (χ2n) is 5.93. The van der Waals surface area contributed by atoms with Gasteiger partial charge in [-0.3, -0.25) is 10.3 Å². The molecule has 2 atom stereocenters. The second kappa shape index (κ2) is 5.40. The number of pyridine rings is 1. The van der Waals surface area contributed by atoms with E-state index in [4.69, 9.17) is 11.1 Å². The molecule has 2 aliphatic rings. The zero-order valence-corrected chi connectivity index (χ0v) is 12.0. The van der Waals surface area contributed by atoms with Crippen LogP contribution < -0.4 is 10.6 Å². The molecule has 0 spiro atoms. The van der Waals surface area contributed by atoms with Crippen molar-refractivity contribution < 1.29 is 0 Å². The van der Waals surface area contributed by atoms with Gasteiger partial charge in [-0.25, -0.2) is 4.98 Å². The zero-order valence-electron chi connectivity index (χ0n) is 12.0. The van der Waals surface area contributed by atoms with E-state index < -0.39 is 0 Å². The number of hydrogen-bond donors (Lipinski definition) is 2. The van der Waals surface area contributed by atoms with Crippen LogP contribution in [0.3, 0.4) is 0 Å². The van der Waals surface area contributed by atoms with Gasteiger partial charge in [0.1, 0.15) is 11.7 Å². The number of fused-ring (bicyclic) bond motifs is 1. The lowest BCUT2D eigenvalue weighted by atomic mass is 9.97. The lowest BCUT2D eigenvalue weighted by Gasteiger charge is -2.48. The van der Waals surface area contributed by atoms with Gasteiger partial charge in [-0.05, 0) is 38.4 Å². The molecule has 3 heterocycles. The van der Waals surface area contributed by atoms with Crippen molar-refractivity contribution in [3.8, 4) is 0 Å². The highest BCUT2D eigenvalue weighted by molar-refractivity contribution is 5.99. The van der Waals surface area contributed by atoms with E-state index in [-0.39, 0.29) is 5.84 Å². The van der Waals surface area contributed by atoms with Gasteiger partial charge in [0, 0.05) is 31.4 Å². The molecular weight excluding hydrogens is 250 g/mol. The third kappa shape index (κ3) is 2.38. The average molecular weight is 273 g/mol. The molecule has 0 bridgehead atoms. The van der Waals surface area contributed by atoms with Crippen LogP contribution in [0.2, 0.25) is 0 Å². The topological polar surface area (TPSA) is 69.2 Å². The molecule has 5 heteroatoms. The van der Waals surface area contributed by atoms with Crippen molar-refractivity contribution in [3.63, 3.8) is 0 Å². The van der Waals surface area contributed by atoms with Crippen molar-refractivity contribution in [2.45, 2.75) is 38.3 Å². The fraction of sp³-hybridized carbons (Fsp3) is 0.600. The Bertz CT molecular complexity index is 501. The predicted octanol–water partition coefficient (Wildman–Crippen LogP) is 1.43. The first-order valence-corrected chi connectivity index (χ1v) is 7.47. The molecule has 2 aliphatic heterocycles. The van der Waals surface area contributed by atoms with Gasteiger partial charge in [0.25, 0.3) is 0 Å². The summed E-state index contributed by atoms with van der Waals surface area (Å²) < 4.78 is 0. The fourth-order valence-electron chi connectivity index (χ4n) is 3.48. The molecule has 3 N–H and O–H groups in total. The van der Waals surface area contributed by atoms with E-state index in [0.29, 0.717) is 12.1 Å². The van der Waals surface area contributed by atoms with Crippen LogP contribution >= 0.6 is 0 Å². The van der Waals surface area contributed by atoms with Gasteiger partial charge in [-0.2, -0.15) is 0 Å². The number of piperazine rings is 1. The largest absolute Gasteiger partial charge is 0.384 e. The van der Waals surface area contributed by atoms with Gasteiger partial charge in [0.2, 0.25) is 0 Å². The first-order chi connectivity index (χ1) is 9.66. The van der Waals surface area contributed by atoms with E-state index >= 15 is 0 Å². The maximum absolute atomic E-state index is 7.74. The Balaban J connectivity index is 1.88.